The van der Waals surface area contributed by atoms with Gasteiger partial charge in [0.15, 0.2) is 0 Å². The summed E-state index contributed by atoms with van der Waals surface area (Å²) in [5.41, 5.74) is 5.01. The molecule has 242 valence electrons. The predicted octanol–water partition coefficient (Wildman–Crippen LogP) is 6.32. The van der Waals surface area contributed by atoms with E-state index in [1.165, 1.54) is 4.90 Å². The minimum atomic E-state index is -4.26. The monoisotopic (exact) mass is 627 g/mol. The van der Waals surface area contributed by atoms with Gasteiger partial charge < -0.3 is 18.8 Å². The molecule has 0 aromatic carbocycles. The summed E-state index contributed by atoms with van der Waals surface area (Å²) in [4.78, 5) is 35.8. The molecule has 2 aliphatic rings. The van der Waals surface area contributed by atoms with Crippen LogP contribution in [0.5, 0.6) is 0 Å². The number of halogens is 3. The topological polar surface area (TPSA) is 79.6 Å². The van der Waals surface area contributed by atoms with Crippen molar-refractivity contribution in [3.05, 3.63) is 59.6 Å². The molecule has 9 nitrogen and oxygen atoms in total. The first-order chi connectivity index (χ1) is 21.0. The normalized spacial score (nSPS) is 16.0. The second kappa shape index (κ2) is 12.0. The first-order valence-corrected chi connectivity index (χ1v) is 15.1. The maximum Gasteiger partial charge on any atom is 0.416 e. The van der Waals surface area contributed by atoms with Gasteiger partial charge in [-0.2, -0.15) is 13.2 Å². The number of aromatic nitrogens is 2. The molecular formula is C33H40F3N5O4. The number of rotatable bonds is 6. The summed E-state index contributed by atoms with van der Waals surface area (Å²) in [6.07, 6.45) is -0.923. The second-order valence-electron chi connectivity index (χ2n) is 12.8. The predicted molar refractivity (Wildman–Crippen MR) is 166 cm³/mol. The number of carbonyl (C=O) groups excluding carboxylic acids is 2. The molecule has 0 saturated carbocycles. The first-order valence-electron chi connectivity index (χ1n) is 15.1. The molecule has 0 unspecified atom stereocenters. The van der Waals surface area contributed by atoms with Crippen LogP contribution in [0.3, 0.4) is 0 Å². The smallest absolute Gasteiger partial charge is 0.416 e. The molecule has 3 aromatic heterocycles. The van der Waals surface area contributed by atoms with Crippen LogP contribution in [0.1, 0.15) is 61.8 Å². The van der Waals surface area contributed by atoms with E-state index >= 15 is 0 Å². The SMILES string of the molecule is C=C(c1c(C)c(C(=O)OC(C)C)cc2c(-c3ccnc4c3CCN4C(=O)OC(C)(C)C)ccn12)N1CCN(CC(F)(F)F)CC1. The number of nitrogens with zero attached hydrogens (tertiary/aromatic N) is 5. The van der Waals surface area contributed by atoms with Gasteiger partial charge in [-0.1, -0.05) is 6.58 Å². The Balaban J connectivity index is 1.57. The molecule has 1 saturated heterocycles. The summed E-state index contributed by atoms with van der Waals surface area (Å²) in [5.74, 6) is 0.0614. The van der Waals surface area contributed by atoms with Crippen molar-refractivity contribution in [2.45, 2.75) is 65.8 Å². The number of piperazine rings is 1. The number of alkyl halides is 3. The molecule has 1 amide bonds. The third-order valence-electron chi connectivity index (χ3n) is 7.98. The molecule has 0 spiro atoms. The van der Waals surface area contributed by atoms with Crippen molar-refractivity contribution < 1.29 is 32.2 Å². The van der Waals surface area contributed by atoms with Gasteiger partial charge in [0.05, 0.1) is 35.1 Å². The lowest BCUT2D eigenvalue weighted by molar-refractivity contribution is -0.148. The lowest BCUT2D eigenvalue weighted by Gasteiger charge is -2.37. The maximum atomic E-state index is 13.4. The van der Waals surface area contributed by atoms with Crippen LogP contribution in [-0.4, -0.2) is 88.4 Å². The van der Waals surface area contributed by atoms with Gasteiger partial charge in [-0.25, -0.2) is 14.6 Å². The molecule has 12 heteroatoms. The van der Waals surface area contributed by atoms with Gasteiger partial charge in [-0.15, -0.1) is 0 Å². The van der Waals surface area contributed by atoms with Gasteiger partial charge in [-0.3, -0.25) is 9.80 Å². The zero-order chi connectivity index (χ0) is 32.8. The van der Waals surface area contributed by atoms with Crippen LogP contribution in [0.25, 0.3) is 22.3 Å². The standard InChI is InChI=1S/C33H40F3N5O4/c1-20(2)44-30(42)26-18-27-24(23-8-11-37-29-25(23)10-13-41(29)31(43)45-32(5,6)7)9-12-40(27)28(21(26)3)22(4)39-16-14-38(15-17-39)19-33(34,35)36/h8-9,11-12,18,20H,4,10,13-17,19H2,1-3,5-7H3. The Kier molecular flexibility index (Phi) is 8.65. The van der Waals surface area contributed by atoms with Crippen LogP contribution in [-0.2, 0) is 15.9 Å². The summed E-state index contributed by atoms with van der Waals surface area (Å²) in [5, 5.41) is 0. The van der Waals surface area contributed by atoms with Gasteiger partial charge in [0.1, 0.15) is 11.4 Å². The third kappa shape index (κ3) is 6.80. The first kappa shape index (κ1) is 32.3. The number of anilines is 1. The zero-order valence-corrected chi connectivity index (χ0v) is 26.6. The van der Waals surface area contributed by atoms with Gasteiger partial charge in [0.25, 0.3) is 0 Å². The number of hydrogen-bond donors (Lipinski definition) is 0. The molecule has 45 heavy (non-hydrogen) atoms. The lowest BCUT2D eigenvalue weighted by Crippen LogP contribution is -2.48. The average Bonchev–Trinajstić information content (AvgIpc) is 3.55. The molecule has 0 atom stereocenters. The Morgan fingerprint density at radius 3 is 2.36 bits per heavy atom. The van der Waals surface area contributed by atoms with E-state index in [1.54, 1.807) is 31.0 Å². The summed E-state index contributed by atoms with van der Waals surface area (Å²) in [6.45, 7) is 15.9. The van der Waals surface area contributed by atoms with Crippen molar-refractivity contribution in [3.8, 4) is 11.1 Å². The lowest BCUT2D eigenvalue weighted by atomic mass is 9.98. The average molecular weight is 628 g/mol. The zero-order valence-electron chi connectivity index (χ0n) is 26.6. The van der Waals surface area contributed by atoms with E-state index in [2.05, 4.69) is 11.6 Å². The molecule has 0 aliphatic carbocycles. The summed E-state index contributed by atoms with van der Waals surface area (Å²) < 4.78 is 52.2. The molecule has 0 radical (unpaired) electrons. The van der Waals surface area contributed by atoms with Crippen molar-refractivity contribution in [1.82, 2.24) is 19.2 Å². The van der Waals surface area contributed by atoms with Crippen molar-refractivity contribution in [1.29, 1.82) is 0 Å². The van der Waals surface area contributed by atoms with Gasteiger partial charge in [0, 0.05) is 56.2 Å². The van der Waals surface area contributed by atoms with E-state index in [1.807, 2.05) is 55.3 Å². The number of esters is 1. The molecule has 0 N–H and O–H groups in total. The summed E-state index contributed by atoms with van der Waals surface area (Å²) >= 11 is 0. The van der Waals surface area contributed by atoms with Crippen molar-refractivity contribution in [2.75, 3.05) is 44.2 Å². The Morgan fingerprint density at radius 1 is 1.04 bits per heavy atom. The Bertz CT molecular complexity index is 1630. The van der Waals surface area contributed by atoms with Crippen molar-refractivity contribution >= 4 is 29.1 Å². The van der Waals surface area contributed by atoms with Gasteiger partial charge in [0.2, 0.25) is 0 Å². The Hall–Kier alpha value is -4.06. The van der Waals surface area contributed by atoms with Gasteiger partial charge >= 0.3 is 18.2 Å². The molecule has 0 bridgehead atoms. The number of fused-ring (bicyclic) bond motifs is 2. The van der Waals surface area contributed by atoms with E-state index in [4.69, 9.17) is 9.47 Å². The minimum Gasteiger partial charge on any atom is -0.459 e. The highest BCUT2D eigenvalue weighted by Gasteiger charge is 2.34. The highest BCUT2D eigenvalue weighted by atomic mass is 19.4. The van der Waals surface area contributed by atoms with Crippen molar-refractivity contribution in [2.24, 2.45) is 0 Å². The van der Waals surface area contributed by atoms with E-state index in [0.29, 0.717) is 54.4 Å². The van der Waals surface area contributed by atoms with Crippen molar-refractivity contribution in [3.63, 3.8) is 0 Å². The molecule has 3 aromatic rings. The molecular weight excluding hydrogens is 587 g/mol. The van der Waals surface area contributed by atoms with Crippen LogP contribution < -0.4 is 4.90 Å². The highest BCUT2D eigenvalue weighted by Crippen LogP contribution is 2.39. The Labute approximate surface area is 261 Å². The Morgan fingerprint density at radius 2 is 1.73 bits per heavy atom. The quantitative estimate of drug-likeness (QED) is 0.296. The van der Waals surface area contributed by atoms with E-state index in [-0.39, 0.29) is 19.2 Å². The van der Waals surface area contributed by atoms with Crippen LogP contribution in [0.15, 0.2) is 37.2 Å². The minimum absolute atomic E-state index is 0.240. The molecule has 1 fully saturated rings. The van der Waals surface area contributed by atoms with Crippen LogP contribution in [0.2, 0.25) is 0 Å². The summed E-state index contributed by atoms with van der Waals surface area (Å²) in [6, 6.07) is 5.66. The fourth-order valence-electron chi connectivity index (χ4n) is 6.03. The highest BCUT2D eigenvalue weighted by molar-refractivity contribution is 5.98. The molecule has 5 rings (SSSR count). The number of pyridine rings is 2. The number of carbonyl (C=O) groups is 2. The molecule has 5 heterocycles. The summed E-state index contributed by atoms with van der Waals surface area (Å²) in [7, 11) is 0. The van der Waals surface area contributed by atoms with E-state index in [9.17, 15) is 22.8 Å². The number of amides is 1. The fourth-order valence-corrected chi connectivity index (χ4v) is 6.03. The number of ether oxygens (including phenoxy) is 2. The van der Waals surface area contributed by atoms with Crippen LogP contribution in [0.4, 0.5) is 23.8 Å². The van der Waals surface area contributed by atoms with Gasteiger partial charge in [-0.05, 0) is 77.3 Å². The largest absolute Gasteiger partial charge is 0.459 e. The second-order valence-corrected chi connectivity index (χ2v) is 12.8. The van der Waals surface area contributed by atoms with Crippen LogP contribution >= 0.6 is 0 Å². The van der Waals surface area contributed by atoms with E-state index < -0.39 is 30.4 Å². The van der Waals surface area contributed by atoms with Crippen LogP contribution in [0, 0.1) is 6.92 Å². The fraction of sp³-hybridized carbons (Fsp3) is 0.485. The number of hydrogen-bond acceptors (Lipinski definition) is 7. The maximum absolute atomic E-state index is 13.4. The van der Waals surface area contributed by atoms with E-state index in [0.717, 1.165) is 22.2 Å². The third-order valence-corrected chi connectivity index (χ3v) is 7.98. The molecule has 2 aliphatic heterocycles.